The lowest BCUT2D eigenvalue weighted by molar-refractivity contribution is -0.131. The van der Waals surface area contributed by atoms with Crippen LogP contribution in [0.5, 0.6) is 0 Å². The van der Waals surface area contributed by atoms with Gasteiger partial charge >= 0.3 is 6.09 Å². The molecule has 0 saturated carbocycles. The predicted octanol–water partition coefficient (Wildman–Crippen LogP) is 4.68. The Morgan fingerprint density at radius 1 is 0.886 bits per heavy atom. The summed E-state index contributed by atoms with van der Waals surface area (Å²) in [5.41, 5.74) is 2.98. The van der Waals surface area contributed by atoms with Crippen LogP contribution in [0.4, 0.5) is 4.79 Å². The predicted molar refractivity (Wildman–Crippen MR) is 131 cm³/mol. The SMILES string of the molecule is O=C1c2ccccc2C(=O)N1CC(C(=O)N1C(=O)OC[C@H]1c1ccccc1)c1ccc(CBr)cc1. The van der Waals surface area contributed by atoms with Gasteiger partial charge in [0.25, 0.3) is 11.8 Å². The van der Waals surface area contributed by atoms with Crippen LogP contribution in [0.3, 0.4) is 0 Å². The van der Waals surface area contributed by atoms with Crippen LogP contribution in [0.2, 0.25) is 0 Å². The molecular weight excluding hydrogens is 512 g/mol. The Hall–Kier alpha value is -3.78. The van der Waals surface area contributed by atoms with Crippen molar-refractivity contribution in [3.8, 4) is 0 Å². The first kappa shape index (κ1) is 23.0. The molecule has 1 unspecified atom stereocenters. The van der Waals surface area contributed by atoms with Crippen LogP contribution >= 0.6 is 15.9 Å². The summed E-state index contributed by atoms with van der Waals surface area (Å²) < 4.78 is 5.25. The van der Waals surface area contributed by atoms with E-state index in [4.69, 9.17) is 4.74 Å². The van der Waals surface area contributed by atoms with E-state index < -0.39 is 35.8 Å². The second-order valence-corrected chi connectivity index (χ2v) is 8.97. The largest absolute Gasteiger partial charge is 0.446 e. The van der Waals surface area contributed by atoms with Gasteiger partial charge in [-0.15, -0.1) is 0 Å². The van der Waals surface area contributed by atoms with E-state index in [2.05, 4.69) is 15.9 Å². The average molecular weight is 533 g/mol. The molecule has 35 heavy (non-hydrogen) atoms. The molecule has 0 N–H and O–H groups in total. The van der Waals surface area contributed by atoms with Crippen LogP contribution < -0.4 is 0 Å². The Morgan fingerprint density at radius 2 is 1.49 bits per heavy atom. The molecule has 5 rings (SSSR count). The second kappa shape index (κ2) is 9.46. The summed E-state index contributed by atoms with van der Waals surface area (Å²) in [6, 6.07) is 22.5. The molecule has 4 amide bonds. The van der Waals surface area contributed by atoms with E-state index in [9.17, 15) is 19.2 Å². The van der Waals surface area contributed by atoms with Crippen molar-refractivity contribution in [3.05, 3.63) is 107 Å². The highest BCUT2D eigenvalue weighted by molar-refractivity contribution is 9.08. The minimum absolute atomic E-state index is 0.0385. The average Bonchev–Trinajstić information content (AvgIpc) is 3.40. The van der Waals surface area contributed by atoms with Gasteiger partial charge in [-0.2, -0.15) is 0 Å². The van der Waals surface area contributed by atoms with Crippen molar-refractivity contribution >= 4 is 39.7 Å². The molecule has 1 fully saturated rings. The number of halogens is 1. The van der Waals surface area contributed by atoms with Gasteiger partial charge in [0.15, 0.2) is 0 Å². The van der Waals surface area contributed by atoms with E-state index in [1.807, 2.05) is 42.5 Å². The van der Waals surface area contributed by atoms with Crippen LogP contribution in [0, 0.1) is 0 Å². The molecule has 0 radical (unpaired) electrons. The Kier molecular flexibility index (Phi) is 6.21. The summed E-state index contributed by atoms with van der Waals surface area (Å²) in [6.45, 7) is -0.152. The van der Waals surface area contributed by atoms with Crippen LogP contribution in [-0.4, -0.2) is 46.8 Å². The summed E-state index contributed by atoms with van der Waals surface area (Å²) >= 11 is 3.41. The molecule has 0 aliphatic carbocycles. The summed E-state index contributed by atoms with van der Waals surface area (Å²) in [4.78, 5) is 54.9. The molecular formula is C27H21BrN2O5. The van der Waals surface area contributed by atoms with Crippen molar-refractivity contribution in [3.63, 3.8) is 0 Å². The Bertz CT molecular complexity index is 1270. The molecule has 2 aliphatic rings. The molecule has 1 saturated heterocycles. The smallest absolute Gasteiger partial charge is 0.417 e. The monoisotopic (exact) mass is 532 g/mol. The molecule has 8 heteroatoms. The van der Waals surface area contributed by atoms with Crippen molar-refractivity contribution in [2.45, 2.75) is 17.3 Å². The molecule has 2 heterocycles. The number of cyclic esters (lactones) is 1. The first-order chi connectivity index (χ1) is 17.0. The summed E-state index contributed by atoms with van der Waals surface area (Å²) in [7, 11) is 0. The third kappa shape index (κ3) is 4.14. The van der Waals surface area contributed by atoms with Gasteiger partial charge in [-0.05, 0) is 28.8 Å². The summed E-state index contributed by atoms with van der Waals surface area (Å²) in [5, 5.41) is 0.638. The van der Waals surface area contributed by atoms with Crippen molar-refractivity contribution in [1.29, 1.82) is 0 Å². The highest BCUT2D eigenvalue weighted by atomic mass is 79.9. The molecule has 0 bridgehead atoms. The number of alkyl halides is 1. The zero-order valence-electron chi connectivity index (χ0n) is 18.6. The maximum Gasteiger partial charge on any atom is 0.417 e. The zero-order chi connectivity index (χ0) is 24.5. The van der Waals surface area contributed by atoms with E-state index in [1.165, 1.54) is 0 Å². The number of nitrogens with zero attached hydrogens (tertiary/aromatic N) is 2. The maximum absolute atomic E-state index is 13.9. The third-order valence-electron chi connectivity index (χ3n) is 6.37. The topological polar surface area (TPSA) is 84.0 Å². The summed E-state index contributed by atoms with van der Waals surface area (Å²) in [6.07, 6.45) is -0.742. The van der Waals surface area contributed by atoms with Gasteiger partial charge in [-0.3, -0.25) is 19.3 Å². The number of benzene rings is 3. The number of carbonyl (C=O) groups is 4. The number of rotatable bonds is 6. The molecule has 7 nitrogen and oxygen atoms in total. The Morgan fingerprint density at radius 3 is 2.09 bits per heavy atom. The molecule has 0 aromatic heterocycles. The summed E-state index contributed by atoms with van der Waals surface area (Å²) in [5.74, 6) is -2.38. The molecule has 2 atom stereocenters. The number of carbonyl (C=O) groups excluding carboxylic acids is 4. The lowest BCUT2D eigenvalue weighted by Crippen LogP contribution is -2.43. The van der Waals surface area contributed by atoms with Crippen molar-refractivity contribution in [1.82, 2.24) is 9.80 Å². The second-order valence-electron chi connectivity index (χ2n) is 8.41. The molecule has 3 aromatic carbocycles. The van der Waals surface area contributed by atoms with E-state index in [0.717, 1.165) is 20.9 Å². The quantitative estimate of drug-likeness (QED) is 0.340. The van der Waals surface area contributed by atoms with Crippen molar-refractivity contribution in [2.24, 2.45) is 0 Å². The third-order valence-corrected chi connectivity index (χ3v) is 7.02. The van der Waals surface area contributed by atoms with Gasteiger partial charge in [0, 0.05) is 11.9 Å². The number of ether oxygens (including phenoxy) is 1. The van der Waals surface area contributed by atoms with Gasteiger partial charge in [0.1, 0.15) is 12.6 Å². The normalized spacial score (nSPS) is 18.0. The lowest BCUT2D eigenvalue weighted by atomic mass is 9.94. The van der Waals surface area contributed by atoms with Crippen molar-refractivity contribution in [2.75, 3.05) is 13.2 Å². The number of hydrogen-bond donors (Lipinski definition) is 0. The fraction of sp³-hybridized carbons (Fsp3) is 0.185. The van der Waals surface area contributed by atoms with E-state index in [1.54, 1.807) is 36.4 Å². The zero-order valence-corrected chi connectivity index (χ0v) is 20.2. The fourth-order valence-corrected chi connectivity index (χ4v) is 4.88. The van der Waals surface area contributed by atoms with Gasteiger partial charge in [-0.25, -0.2) is 9.69 Å². The number of imide groups is 2. The minimum Gasteiger partial charge on any atom is -0.446 e. The van der Waals surface area contributed by atoms with Crippen molar-refractivity contribution < 1.29 is 23.9 Å². The highest BCUT2D eigenvalue weighted by Crippen LogP contribution is 2.33. The number of amides is 4. The van der Waals surface area contributed by atoms with E-state index in [0.29, 0.717) is 22.0 Å². The lowest BCUT2D eigenvalue weighted by Gasteiger charge is -2.28. The Balaban J connectivity index is 1.51. The molecule has 2 aliphatic heterocycles. The van der Waals surface area contributed by atoms with Gasteiger partial charge < -0.3 is 4.74 Å². The minimum atomic E-state index is -0.946. The van der Waals surface area contributed by atoms with Crippen LogP contribution in [0.15, 0.2) is 78.9 Å². The number of hydrogen-bond acceptors (Lipinski definition) is 5. The molecule has 0 spiro atoms. The number of fused-ring (bicyclic) bond motifs is 1. The van der Waals surface area contributed by atoms with Gasteiger partial charge in [0.2, 0.25) is 5.91 Å². The Labute approximate surface area is 210 Å². The molecule has 176 valence electrons. The maximum atomic E-state index is 13.9. The van der Waals surface area contributed by atoms with E-state index >= 15 is 0 Å². The van der Waals surface area contributed by atoms with Crippen LogP contribution in [-0.2, 0) is 14.9 Å². The first-order valence-electron chi connectivity index (χ1n) is 11.1. The van der Waals surface area contributed by atoms with Gasteiger partial charge in [-0.1, -0.05) is 82.7 Å². The standard InChI is InChI=1S/C27H21BrN2O5/c28-14-17-10-12-18(13-11-17)22(15-29-24(31)20-8-4-5-9-21(20)25(29)32)26(33)30-23(16-35-27(30)34)19-6-2-1-3-7-19/h1-13,22-23H,14-16H2/t22?,23-/m0/s1. The van der Waals surface area contributed by atoms with Crippen LogP contribution in [0.25, 0.3) is 0 Å². The van der Waals surface area contributed by atoms with Gasteiger partial charge in [0.05, 0.1) is 17.0 Å². The highest BCUT2D eigenvalue weighted by Gasteiger charge is 2.44. The first-order valence-corrected chi connectivity index (χ1v) is 12.3. The molecule has 3 aromatic rings. The van der Waals surface area contributed by atoms with Crippen LogP contribution in [0.1, 0.15) is 49.4 Å². The fourth-order valence-electron chi connectivity index (χ4n) is 4.51. The van der Waals surface area contributed by atoms with E-state index in [-0.39, 0.29) is 13.2 Å².